The second-order valence-electron chi connectivity index (χ2n) is 5.10. The first-order valence-corrected chi connectivity index (χ1v) is 7.03. The molecule has 1 aromatic heterocycles. The van der Waals surface area contributed by atoms with Gasteiger partial charge in [0.25, 0.3) is 0 Å². The van der Waals surface area contributed by atoms with Gasteiger partial charge in [0, 0.05) is 5.39 Å². The Morgan fingerprint density at radius 1 is 1.04 bits per heavy atom. The van der Waals surface area contributed by atoms with Gasteiger partial charge in [0.15, 0.2) is 22.8 Å². The van der Waals surface area contributed by atoms with Crippen molar-refractivity contribution in [1.29, 1.82) is 0 Å². The highest BCUT2D eigenvalue weighted by atomic mass is 16.5. The number of furan rings is 1. The number of benzene rings is 2. The van der Waals surface area contributed by atoms with E-state index in [2.05, 4.69) is 4.74 Å². The highest BCUT2D eigenvalue weighted by molar-refractivity contribution is 5.99. The molecule has 0 bridgehead atoms. The number of rotatable bonds is 3. The molecular weight excluding hydrogens is 312 g/mol. The molecule has 0 radical (unpaired) electrons. The number of hydrogen-bond donors (Lipinski definition) is 3. The molecule has 0 atom stereocenters. The van der Waals surface area contributed by atoms with Gasteiger partial charge in [-0.2, -0.15) is 0 Å². The van der Waals surface area contributed by atoms with Crippen LogP contribution in [0.5, 0.6) is 17.2 Å². The van der Waals surface area contributed by atoms with E-state index in [0.717, 1.165) is 0 Å². The van der Waals surface area contributed by atoms with Crippen molar-refractivity contribution in [2.45, 2.75) is 0 Å². The Bertz CT molecular complexity index is 952. The van der Waals surface area contributed by atoms with E-state index >= 15 is 0 Å². The highest BCUT2D eigenvalue weighted by Crippen LogP contribution is 2.32. The van der Waals surface area contributed by atoms with Gasteiger partial charge in [-0.3, -0.25) is 0 Å². The summed E-state index contributed by atoms with van der Waals surface area (Å²) in [6.45, 7) is 0. The van der Waals surface area contributed by atoms with E-state index in [4.69, 9.17) is 4.42 Å². The van der Waals surface area contributed by atoms with Crippen LogP contribution in [-0.4, -0.2) is 28.4 Å². The molecule has 6 heteroatoms. The molecule has 3 aromatic rings. The minimum Gasteiger partial charge on any atom is -0.504 e. The molecule has 0 fully saturated rings. The lowest BCUT2D eigenvalue weighted by Gasteiger charge is -2.01. The molecule has 0 spiro atoms. The van der Waals surface area contributed by atoms with Crippen molar-refractivity contribution in [3.05, 3.63) is 53.3 Å². The molecular formula is C18H14O6. The molecule has 0 saturated heterocycles. The fourth-order valence-corrected chi connectivity index (χ4v) is 2.29. The topological polar surface area (TPSA) is 100 Å². The minimum atomic E-state index is -0.650. The second-order valence-corrected chi connectivity index (χ2v) is 5.10. The van der Waals surface area contributed by atoms with E-state index in [0.29, 0.717) is 16.7 Å². The zero-order valence-electron chi connectivity index (χ0n) is 12.7. The summed E-state index contributed by atoms with van der Waals surface area (Å²) in [6.07, 6.45) is 3.32. The van der Waals surface area contributed by atoms with Crippen LogP contribution < -0.4 is 0 Å². The molecule has 0 saturated carbocycles. The Labute approximate surface area is 136 Å². The number of methoxy groups -OCH3 is 1. The number of carbonyl (C=O) groups excluding carboxylic acids is 1. The van der Waals surface area contributed by atoms with Gasteiger partial charge in [-0.25, -0.2) is 4.79 Å². The van der Waals surface area contributed by atoms with E-state index in [9.17, 15) is 20.1 Å². The molecule has 0 unspecified atom stereocenters. The highest BCUT2D eigenvalue weighted by Gasteiger charge is 2.17. The molecule has 0 aliphatic heterocycles. The molecule has 0 amide bonds. The van der Waals surface area contributed by atoms with Gasteiger partial charge >= 0.3 is 5.97 Å². The summed E-state index contributed by atoms with van der Waals surface area (Å²) in [7, 11) is 1.23. The van der Waals surface area contributed by atoms with Crippen LogP contribution in [0.15, 0.2) is 40.8 Å². The van der Waals surface area contributed by atoms with Gasteiger partial charge in [-0.05, 0) is 42.0 Å². The standard InChI is InChI=1S/C18H14O6/c1-23-18(22)13-6-4-11-9-12(24-17(11)16(13)21)5-2-10-3-7-14(19)15(20)8-10/h2-9,19-21H,1H3/b5-2+. The van der Waals surface area contributed by atoms with Gasteiger partial charge in [0.1, 0.15) is 11.3 Å². The Hall–Kier alpha value is -3.41. The third-order valence-electron chi connectivity index (χ3n) is 3.52. The van der Waals surface area contributed by atoms with Crippen LogP contribution in [-0.2, 0) is 4.74 Å². The van der Waals surface area contributed by atoms with Gasteiger partial charge in [0.05, 0.1) is 7.11 Å². The van der Waals surface area contributed by atoms with Gasteiger partial charge in [0.2, 0.25) is 0 Å². The predicted octanol–water partition coefficient (Wildman–Crippen LogP) is 3.51. The molecule has 3 rings (SSSR count). The van der Waals surface area contributed by atoms with E-state index in [-0.39, 0.29) is 28.4 Å². The molecule has 0 aliphatic rings. The molecule has 0 aliphatic carbocycles. The summed E-state index contributed by atoms with van der Waals surface area (Å²) < 4.78 is 10.2. The van der Waals surface area contributed by atoms with Gasteiger partial charge < -0.3 is 24.5 Å². The van der Waals surface area contributed by atoms with E-state index in [1.807, 2.05) is 0 Å². The number of aromatic hydroxyl groups is 3. The second kappa shape index (κ2) is 6.00. The van der Waals surface area contributed by atoms with Crippen LogP contribution in [0.3, 0.4) is 0 Å². The lowest BCUT2D eigenvalue weighted by molar-refractivity contribution is 0.0597. The summed E-state index contributed by atoms with van der Waals surface area (Å²) >= 11 is 0. The number of ether oxygens (including phenoxy) is 1. The van der Waals surface area contributed by atoms with Gasteiger partial charge in [-0.1, -0.05) is 12.1 Å². The van der Waals surface area contributed by atoms with Crippen molar-refractivity contribution in [2.24, 2.45) is 0 Å². The van der Waals surface area contributed by atoms with Crippen molar-refractivity contribution in [3.63, 3.8) is 0 Å². The SMILES string of the molecule is COC(=O)c1ccc2cc(/C=C/c3ccc(O)c(O)c3)oc2c1O. The largest absolute Gasteiger partial charge is 0.504 e. The summed E-state index contributed by atoms with van der Waals surface area (Å²) in [5.74, 6) is -0.892. The van der Waals surface area contributed by atoms with Crippen LogP contribution in [0.1, 0.15) is 21.7 Å². The Morgan fingerprint density at radius 2 is 1.83 bits per heavy atom. The van der Waals surface area contributed by atoms with Crippen LogP contribution in [0.4, 0.5) is 0 Å². The lowest BCUT2D eigenvalue weighted by atomic mass is 10.1. The molecule has 2 aromatic carbocycles. The summed E-state index contributed by atoms with van der Waals surface area (Å²) in [6, 6.07) is 9.22. The van der Waals surface area contributed by atoms with Crippen LogP contribution in [0.25, 0.3) is 23.1 Å². The van der Waals surface area contributed by atoms with Crippen LogP contribution >= 0.6 is 0 Å². The number of hydrogen-bond acceptors (Lipinski definition) is 6. The van der Waals surface area contributed by atoms with Crippen molar-refractivity contribution in [3.8, 4) is 17.2 Å². The number of carbonyl (C=O) groups is 1. The monoisotopic (exact) mass is 326 g/mol. The number of phenols is 3. The van der Waals surface area contributed by atoms with Crippen molar-refractivity contribution >= 4 is 29.1 Å². The van der Waals surface area contributed by atoms with E-state index < -0.39 is 5.97 Å². The minimum absolute atomic E-state index is 0.0262. The van der Waals surface area contributed by atoms with Crippen molar-refractivity contribution < 1.29 is 29.3 Å². The number of fused-ring (bicyclic) bond motifs is 1. The van der Waals surface area contributed by atoms with E-state index in [1.165, 1.54) is 25.3 Å². The molecule has 24 heavy (non-hydrogen) atoms. The third kappa shape index (κ3) is 2.77. The molecule has 3 N–H and O–H groups in total. The van der Waals surface area contributed by atoms with Crippen molar-refractivity contribution in [2.75, 3.05) is 7.11 Å². The maximum Gasteiger partial charge on any atom is 0.341 e. The van der Waals surface area contributed by atoms with E-state index in [1.54, 1.807) is 30.4 Å². The number of esters is 1. The van der Waals surface area contributed by atoms with Gasteiger partial charge in [-0.15, -0.1) is 0 Å². The molecule has 1 heterocycles. The molecule has 122 valence electrons. The normalized spacial score (nSPS) is 11.2. The molecule has 6 nitrogen and oxygen atoms in total. The zero-order chi connectivity index (χ0) is 17.3. The summed E-state index contributed by atoms with van der Waals surface area (Å²) in [4.78, 5) is 11.6. The average molecular weight is 326 g/mol. The predicted molar refractivity (Wildman–Crippen MR) is 87.9 cm³/mol. The maximum atomic E-state index is 11.6. The maximum absolute atomic E-state index is 11.6. The zero-order valence-corrected chi connectivity index (χ0v) is 12.7. The Kier molecular flexibility index (Phi) is 3.87. The number of phenolic OH excluding ortho intramolecular Hbond substituents is 3. The summed E-state index contributed by atoms with van der Waals surface area (Å²) in [5, 5.41) is 29.5. The Balaban J connectivity index is 1.96. The van der Waals surface area contributed by atoms with Crippen LogP contribution in [0, 0.1) is 0 Å². The fraction of sp³-hybridized carbons (Fsp3) is 0.0556. The Morgan fingerprint density at radius 3 is 2.54 bits per heavy atom. The van der Waals surface area contributed by atoms with Crippen molar-refractivity contribution in [1.82, 2.24) is 0 Å². The first kappa shape index (κ1) is 15.5. The summed E-state index contributed by atoms with van der Waals surface area (Å²) in [5.41, 5.74) is 0.870. The lowest BCUT2D eigenvalue weighted by Crippen LogP contribution is -2.01. The quantitative estimate of drug-likeness (QED) is 0.503. The third-order valence-corrected chi connectivity index (χ3v) is 3.52. The first-order chi connectivity index (χ1) is 11.5. The average Bonchev–Trinajstić information content (AvgIpc) is 3.00. The fourth-order valence-electron chi connectivity index (χ4n) is 2.29. The smallest absolute Gasteiger partial charge is 0.341 e. The van der Waals surface area contributed by atoms with Crippen LogP contribution in [0.2, 0.25) is 0 Å². The first-order valence-electron chi connectivity index (χ1n) is 7.03.